The maximum absolute atomic E-state index is 11.2. The number of para-hydroxylation sites is 2. The third-order valence-corrected chi connectivity index (χ3v) is 3.51. The van der Waals surface area contributed by atoms with E-state index in [4.69, 9.17) is 10.2 Å². The molecular formula is C17H18N2O6. The van der Waals surface area contributed by atoms with E-state index >= 15 is 0 Å². The minimum absolute atomic E-state index is 0.357. The Labute approximate surface area is 143 Å². The fourth-order valence-corrected chi connectivity index (χ4v) is 2.27. The maximum Gasteiger partial charge on any atom is 0.354 e. The van der Waals surface area contributed by atoms with Crippen LogP contribution >= 0.6 is 0 Å². The fourth-order valence-electron chi connectivity index (χ4n) is 2.27. The molecule has 2 atom stereocenters. The Kier molecular flexibility index (Phi) is 5.93. The van der Waals surface area contributed by atoms with Crippen LogP contribution in [0.1, 0.15) is 0 Å². The van der Waals surface area contributed by atoms with Crippen LogP contribution in [-0.2, 0) is 9.59 Å². The van der Waals surface area contributed by atoms with Gasteiger partial charge < -0.3 is 30.2 Å². The van der Waals surface area contributed by atoms with E-state index in [1.807, 2.05) is 0 Å². The Morgan fingerprint density at radius 2 is 1.04 bits per heavy atom. The number of aliphatic hydroxyl groups is 2. The molecule has 0 aliphatic heterocycles. The molecule has 132 valence electrons. The molecule has 2 aromatic carbocycles. The highest BCUT2D eigenvalue weighted by Crippen LogP contribution is 2.21. The molecule has 0 aliphatic rings. The monoisotopic (exact) mass is 346 g/mol. The molecule has 25 heavy (non-hydrogen) atoms. The van der Waals surface area contributed by atoms with Gasteiger partial charge in [-0.15, -0.1) is 0 Å². The highest BCUT2D eigenvalue weighted by molar-refractivity contribution is 5.78. The van der Waals surface area contributed by atoms with Gasteiger partial charge in [-0.25, -0.2) is 9.59 Å². The van der Waals surface area contributed by atoms with Gasteiger partial charge in [-0.1, -0.05) is 36.4 Å². The van der Waals surface area contributed by atoms with Crippen LogP contribution < -0.4 is 9.80 Å². The number of hydrogen-bond acceptors (Lipinski definition) is 6. The molecule has 0 saturated carbocycles. The van der Waals surface area contributed by atoms with Crippen molar-refractivity contribution in [3.8, 4) is 0 Å². The van der Waals surface area contributed by atoms with Gasteiger partial charge in [-0.3, -0.25) is 0 Å². The Balaban J connectivity index is 2.41. The van der Waals surface area contributed by atoms with Gasteiger partial charge in [0.05, 0.1) is 6.67 Å². The molecule has 4 N–H and O–H groups in total. The predicted octanol–water partition coefficient (Wildman–Crippen LogP) is 0.763. The number of nitrogens with zero attached hydrogens (tertiary/aromatic N) is 2. The normalized spacial score (nSPS) is 12.9. The average Bonchev–Trinajstić information content (AvgIpc) is 2.63. The largest absolute Gasteiger partial charge is 0.478 e. The van der Waals surface area contributed by atoms with Crippen LogP contribution in [0.4, 0.5) is 11.4 Å². The van der Waals surface area contributed by atoms with Crippen molar-refractivity contribution in [3.05, 3.63) is 60.7 Å². The third-order valence-electron chi connectivity index (χ3n) is 3.51. The summed E-state index contributed by atoms with van der Waals surface area (Å²) in [6, 6.07) is 16.3. The first-order chi connectivity index (χ1) is 11.9. The maximum atomic E-state index is 11.2. The first-order valence-corrected chi connectivity index (χ1v) is 7.37. The van der Waals surface area contributed by atoms with E-state index in [1.165, 1.54) is 0 Å². The lowest BCUT2D eigenvalue weighted by molar-refractivity contribution is -0.146. The van der Waals surface area contributed by atoms with Gasteiger partial charge in [0.25, 0.3) is 0 Å². The van der Waals surface area contributed by atoms with Crippen LogP contribution in [-0.4, -0.2) is 51.5 Å². The van der Waals surface area contributed by atoms with Crippen molar-refractivity contribution < 1.29 is 30.0 Å². The summed E-state index contributed by atoms with van der Waals surface area (Å²) in [6.07, 6.45) is -3.84. The van der Waals surface area contributed by atoms with E-state index in [0.29, 0.717) is 11.4 Å². The number of anilines is 2. The highest BCUT2D eigenvalue weighted by Gasteiger charge is 2.30. The zero-order valence-electron chi connectivity index (χ0n) is 13.1. The van der Waals surface area contributed by atoms with Gasteiger partial charge in [0.1, 0.15) is 0 Å². The lowest BCUT2D eigenvalue weighted by Crippen LogP contribution is -2.52. The Bertz CT molecular complexity index is 648. The molecule has 0 fully saturated rings. The van der Waals surface area contributed by atoms with Crippen molar-refractivity contribution in [2.45, 2.75) is 12.5 Å². The summed E-state index contributed by atoms with van der Waals surface area (Å²) in [6.45, 7) is -0.366. The number of benzene rings is 2. The molecule has 8 heteroatoms. The molecule has 2 unspecified atom stereocenters. The molecule has 0 heterocycles. The van der Waals surface area contributed by atoms with Gasteiger partial charge in [-0.05, 0) is 24.3 Å². The minimum Gasteiger partial charge on any atom is -0.478 e. The SMILES string of the molecule is O=C(O)C(O)N(CN(c1ccccc1)C(O)C(=O)O)c1ccccc1. The lowest BCUT2D eigenvalue weighted by atomic mass is 10.2. The zero-order valence-corrected chi connectivity index (χ0v) is 13.1. The van der Waals surface area contributed by atoms with Crippen molar-refractivity contribution in [2.75, 3.05) is 16.5 Å². The van der Waals surface area contributed by atoms with Gasteiger partial charge in [0, 0.05) is 11.4 Å². The molecule has 0 aliphatic carbocycles. The smallest absolute Gasteiger partial charge is 0.354 e. The average molecular weight is 346 g/mol. The first kappa shape index (κ1) is 18.2. The van der Waals surface area contributed by atoms with Crippen molar-refractivity contribution in [1.82, 2.24) is 0 Å². The van der Waals surface area contributed by atoms with Crippen molar-refractivity contribution in [3.63, 3.8) is 0 Å². The lowest BCUT2D eigenvalue weighted by Gasteiger charge is -2.36. The first-order valence-electron chi connectivity index (χ1n) is 7.37. The molecule has 0 aromatic heterocycles. The second-order valence-electron chi connectivity index (χ2n) is 5.18. The van der Waals surface area contributed by atoms with Crippen LogP contribution in [0.3, 0.4) is 0 Å². The Morgan fingerprint density at radius 1 is 0.720 bits per heavy atom. The van der Waals surface area contributed by atoms with Crippen LogP contribution in [0.15, 0.2) is 60.7 Å². The summed E-state index contributed by atoms with van der Waals surface area (Å²) in [5.74, 6) is -3.00. The zero-order chi connectivity index (χ0) is 18.4. The molecule has 0 amide bonds. The number of carbonyl (C=O) groups is 2. The van der Waals surface area contributed by atoms with E-state index in [9.17, 15) is 19.8 Å². The number of rotatable bonds is 8. The Morgan fingerprint density at radius 3 is 1.32 bits per heavy atom. The van der Waals surface area contributed by atoms with Gasteiger partial charge in [0.15, 0.2) is 0 Å². The molecule has 2 aromatic rings. The summed E-state index contributed by atoms with van der Waals surface area (Å²) >= 11 is 0. The molecule has 0 saturated heterocycles. The summed E-state index contributed by atoms with van der Waals surface area (Å²) < 4.78 is 0. The molecule has 2 rings (SSSR count). The summed E-state index contributed by atoms with van der Waals surface area (Å²) in [4.78, 5) is 24.6. The minimum atomic E-state index is -1.92. The van der Waals surface area contributed by atoms with E-state index in [2.05, 4.69) is 0 Å². The second kappa shape index (κ2) is 8.13. The van der Waals surface area contributed by atoms with Crippen LogP contribution in [0.2, 0.25) is 0 Å². The summed E-state index contributed by atoms with van der Waals surface area (Å²) in [7, 11) is 0. The summed E-state index contributed by atoms with van der Waals surface area (Å²) in [5, 5.41) is 38.4. The highest BCUT2D eigenvalue weighted by atomic mass is 16.4. The van der Waals surface area contributed by atoms with Gasteiger partial charge in [0.2, 0.25) is 12.5 Å². The van der Waals surface area contributed by atoms with E-state index < -0.39 is 24.4 Å². The van der Waals surface area contributed by atoms with Crippen molar-refractivity contribution in [1.29, 1.82) is 0 Å². The number of carboxylic acid groups (broad SMARTS) is 2. The number of carboxylic acids is 2. The number of aliphatic hydroxyl groups excluding tert-OH is 2. The van der Waals surface area contributed by atoms with Crippen molar-refractivity contribution in [2.24, 2.45) is 0 Å². The quantitative estimate of drug-likeness (QED) is 0.517. The number of hydrogen-bond donors (Lipinski definition) is 4. The summed E-state index contributed by atoms with van der Waals surface area (Å²) in [5.41, 5.74) is 0.715. The van der Waals surface area contributed by atoms with Crippen LogP contribution in [0.25, 0.3) is 0 Å². The topological polar surface area (TPSA) is 122 Å². The van der Waals surface area contributed by atoms with Crippen molar-refractivity contribution >= 4 is 23.3 Å². The molecule has 0 radical (unpaired) electrons. The second-order valence-corrected chi connectivity index (χ2v) is 5.18. The third kappa shape index (κ3) is 4.46. The Hall–Kier alpha value is -3.10. The number of aliphatic carboxylic acids is 2. The standard InChI is InChI=1S/C17H18N2O6/c20-14(16(22)23)18(12-7-3-1-4-8-12)11-19(15(21)17(24)25)13-9-5-2-6-10-13/h1-10,14-15,20-21H,11H2,(H,22,23)(H,24,25). The van der Waals surface area contributed by atoms with E-state index in [1.54, 1.807) is 60.7 Å². The van der Waals surface area contributed by atoms with Gasteiger partial charge in [-0.2, -0.15) is 0 Å². The van der Waals surface area contributed by atoms with Gasteiger partial charge >= 0.3 is 11.9 Å². The predicted molar refractivity (Wildman–Crippen MR) is 90.0 cm³/mol. The van der Waals surface area contributed by atoms with E-state index in [0.717, 1.165) is 9.80 Å². The van der Waals surface area contributed by atoms with E-state index in [-0.39, 0.29) is 6.67 Å². The van der Waals surface area contributed by atoms with Crippen LogP contribution in [0.5, 0.6) is 0 Å². The molecular weight excluding hydrogens is 328 g/mol. The molecule has 8 nitrogen and oxygen atoms in total. The molecule has 0 bridgehead atoms. The fraction of sp³-hybridized carbons (Fsp3) is 0.176. The molecule has 0 spiro atoms. The van der Waals surface area contributed by atoms with Crippen LogP contribution in [0, 0.1) is 0 Å².